The van der Waals surface area contributed by atoms with Gasteiger partial charge < -0.3 is 14.9 Å². The van der Waals surface area contributed by atoms with E-state index < -0.39 is 18.4 Å². The van der Waals surface area contributed by atoms with Crippen LogP contribution in [0.1, 0.15) is 12.6 Å². The van der Waals surface area contributed by atoms with Crippen molar-refractivity contribution in [1.29, 1.82) is 0 Å². The van der Waals surface area contributed by atoms with Crippen molar-refractivity contribution in [1.82, 2.24) is 9.55 Å². The summed E-state index contributed by atoms with van der Waals surface area (Å²) in [5.41, 5.74) is -0.246. The number of aromatic amines is 1. The predicted molar refractivity (Wildman–Crippen MR) is 70.2 cm³/mol. The number of nitrogens with one attached hydrogen (secondary N) is 1. The molecule has 94 valence electrons. The summed E-state index contributed by atoms with van der Waals surface area (Å²) in [6.45, 7) is -0.245. The Bertz CT molecular complexity index is 528. The second-order valence-electron chi connectivity index (χ2n) is 3.76. The maximum absolute atomic E-state index is 11.3. The Morgan fingerprint density at radius 3 is 3.00 bits per heavy atom. The van der Waals surface area contributed by atoms with Crippen LogP contribution in [0.2, 0.25) is 0 Å². The molecule has 0 bridgehead atoms. The number of aliphatic hydroxyl groups is 2. The van der Waals surface area contributed by atoms with Crippen molar-refractivity contribution in [2.45, 2.75) is 24.9 Å². The summed E-state index contributed by atoms with van der Waals surface area (Å²) >= 11 is 6.92. The van der Waals surface area contributed by atoms with Gasteiger partial charge in [-0.25, -0.2) is 0 Å². The van der Waals surface area contributed by atoms with Crippen molar-refractivity contribution in [3.63, 3.8) is 0 Å². The fraction of sp³-hybridized carbons (Fsp3) is 0.556. The number of nitrogens with zero attached hydrogens (tertiary/aromatic N) is 1. The van der Waals surface area contributed by atoms with Crippen LogP contribution in [0.4, 0.5) is 0 Å². The predicted octanol–water partition coefficient (Wildman–Crippen LogP) is 0.151. The summed E-state index contributed by atoms with van der Waals surface area (Å²) in [5.74, 6) is 0. The van der Waals surface area contributed by atoms with E-state index in [4.69, 9.17) is 22.1 Å². The van der Waals surface area contributed by atoms with Crippen molar-refractivity contribution < 1.29 is 14.9 Å². The van der Waals surface area contributed by atoms with Gasteiger partial charge in [0.25, 0.3) is 5.56 Å². The number of halogens is 1. The molecule has 1 aromatic heterocycles. The van der Waals surface area contributed by atoms with Gasteiger partial charge in [0.1, 0.15) is 12.3 Å². The highest BCUT2D eigenvalue weighted by Crippen LogP contribution is 2.28. The summed E-state index contributed by atoms with van der Waals surface area (Å²) < 4.78 is 7.77. The van der Waals surface area contributed by atoms with Crippen LogP contribution in [-0.4, -0.2) is 38.6 Å². The lowest BCUT2D eigenvalue weighted by Crippen LogP contribution is -2.24. The molecule has 0 unspecified atom stereocenters. The Labute approximate surface area is 115 Å². The molecule has 1 aliphatic heterocycles. The number of rotatable bonds is 2. The summed E-state index contributed by atoms with van der Waals surface area (Å²) in [6, 6.07) is 0. The first kappa shape index (κ1) is 13.1. The lowest BCUT2D eigenvalue weighted by molar-refractivity contribution is -0.0453. The third-order valence-electron chi connectivity index (χ3n) is 2.62. The van der Waals surface area contributed by atoms with Crippen LogP contribution in [0.3, 0.4) is 0 Å². The van der Waals surface area contributed by atoms with E-state index in [0.717, 1.165) is 0 Å². The van der Waals surface area contributed by atoms with E-state index >= 15 is 0 Å². The van der Waals surface area contributed by atoms with Gasteiger partial charge in [0.2, 0.25) is 0 Å². The molecule has 0 amide bonds. The van der Waals surface area contributed by atoms with E-state index in [1.165, 1.54) is 0 Å². The van der Waals surface area contributed by atoms with Crippen molar-refractivity contribution in [2.24, 2.45) is 0 Å². The highest BCUT2D eigenvalue weighted by atomic mass is 127. The van der Waals surface area contributed by atoms with Gasteiger partial charge in [-0.3, -0.25) is 14.3 Å². The van der Waals surface area contributed by atoms with Gasteiger partial charge in [-0.05, 0) is 34.8 Å². The molecule has 0 spiro atoms. The summed E-state index contributed by atoms with van der Waals surface area (Å²) in [4.78, 5) is 13.8. The largest absolute Gasteiger partial charge is 0.394 e. The summed E-state index contributed by atoms with van der Waals surface area (Å²) in [7, 11) is 0. The number of H-pyrrole nitrogens is 1. The van der Waals surface area contributed by atoms with Gasteiger partial charge in [-0.1, -0.05) is 0 Å². The fourth-order valence-electron chi connectivity index (χ4n) is 1.72. The Hall–Kier alpha value is -0.290. The Morgan fingerprint density at radius 2 is 2.41 bits per heavy atom. The van der Waals surface area contributed by atoms with Crippen LogP contribution in [-0.2, 0) is 4.74 Å². The number of aliphatic hydroxyl groups excluding tert-OH is 2. The topological polar surface area (TPSA) is 87.5 Å². The normalized spacial score (nSPS) is 28.5. The van der Waals surface area contributed by atoms with E-state index in [-0.39, 0.29) is 16.9 Å². The average molecular weight is 370 g/mol. The van der Waals surface area contributed by atoms with Gasteiger partial charge in [0.15, 0.2) is 4.77 Å². The molecular weight excluding hydrogens is 359 g/mol. The molecule has 0 radical (unpaired) electrons. The zero-order valence-corrected chi connectivity index (χ0v) is 11.6. The molecule has 1 fully saturated rings. The van der Waals surface area contributed by atoms with Crippen molar-refractivity contribution in [3.05, 3.63) is 24.9 Å². The molecule has 2 rings (SSSR count). The first-order valence-corrected chi connectivity index (χ1v) is 6.47. The molecule has 17 heavy (non-hydrogen) atoms. The Morgan fingerprint density at radius 1 is 1.71 bits per heavy atom. The monoisotopic (exact) mass is 370 g/mol. The zero-order chi connectivity index (χ0) is 12.6. The smallest absolute Gasteiger partial charge is 0.265 e. The van der Waals surface area contributed by atoms with E-state index in [9.17, 15) is 9.90 Å². The van der Waals surface area contributed by atoms with Gasteiger partial charge in [-0.15, -0.1) is 0 Å². The minimum Gasteiger partial charge on any atom is -0.394 e. The number of hydrogen-bond donors (Lipinski definition) is 3. The van der Waals surface area contributed by atoms with Crippen molar-refractivity contribution >= 4 is 34.8 Å². The zero-order valence-electron chi connectivity index (χ0n) is 8.67. The standard InChI is InChI=1S/C9H11IN2O4S/c10-4-2-12(9(17)11-8(4)15)7-1-5(14)6(3-13)16-7/h2,5-7,13-14H,1,3H2,(H,11,15,17)/t5-,6+,7+/m0/s1. The molecule has 0 aromatic carbocycles. The van der Waals surface area contributed by atoms with E-state index in [1.807, 2.05) is 22.6 Å². The van der Waals surface area contributed by atoms with E-state index in [2.05, 4.69) is 4.98 Å². The summed E-state index contributed by atoms with van der Waals surface area (Å²) in [5, 5.41) is 18.6. The lowest BCUT2D eigenvalue weighted by Gasteiger charge is -2.15. The van der Waals surface area contributed by atoms with Crippen LogP contribution < -0.4 is 5.56 Å². The molecule has 0 aliphatic carbocycles. The second kappa shape index (κ2) is 5.14. The summed E-state index contributed by atoms with van der Waals surface area (Å²) in [6.07, 6.45) is 0.128. The highest BCUT2D eigenvalue weighted by Gasteiger charge is 2.34. The number of ether oxygens (including phenoxy) is 1. The van der Waals surface area contributed by atoms with Crippen molar-refractivity contribution in [3.8, 4) is 0 Å². The fourth-order valence-corrected chi connectivity index (χ4v) is 2.42. The molecule has 6 nitrogen and oxygen atoms in total. The molecule has 3 atom stereocenters. The van der Waals surface area contributed by atoms with Crippen molar-refractivity contribution in [2.75, 3.05) is 6.61 Å². The Kier molecular flexibility index (Phi) is 3.98. The van der Waals surface area contributed by atoms with Crippen LogP contribution in [0, 0.1) is 8.34 Å². The van der Waals surface area contributed by atoms with E-state index in [1.54, 1.807) is 10.8 Å². The Balaban J connectivity index is 2.34. The average Bonchev–Trinajstić information content (AvgIpc) is 2.65. The molecular formula is C9H11IN2O4S. The van der Waals surface area contributed by atoms with Crippen LogP contribution in [0.25, 0.3) is 0 Å². The van der Waals surface area contributed by atoms with E-state index in [0.29, 0.717) is 9.99 Å². The van der Waals surface area contributed by atoms with Gasteiger partial charge in [0, 0.05) is 12.6 Å². The maximum atomic E-state index is 11.3. The quantitative estimate of drug-likeness (QED) is 0.510. The van der Waals surface area contributed by atoms with Crippen LogP contribution in [0.5, 0.6) is 0 Å². The van der Waals surface area contributed by atoms with Gasteiger partial charge in [0.05, 0.1) is 16.3 Å². The molecule has 3 N–H and O–H groups in total. The second-order valence-corrected chi connectivity index (χ2v) is 5.31. The number of hydrogen-bond acceptors (Lipinski definition) is 5. The molecule has 8 heteroatoms. The first-order valence-electron chi connectivity index (χ1n) is 4.98. The minimum absolute atomic E-state index is 0.242. The SMILES string of the molecule is O=c1[nH]c(=S)n([C@H]2C[C@H](O)[C@@H](CO)O2)cc1I. The molecule has 1 aromatic rings. The maximum Gasteiger partial charge on any atom is 0.265 e. The molecule has 1 saturated heterocycles. The first-order chi connectivity index (χ1) is 8.02. The molecule has 1 aliphatic rings. The van der Waals surface area contributed by atoms with Gasteiger partial charge in [-0.2, -0.15) is 0 Å². The highest BCUT2D eigenvalue weighted by molar-refractivity contribution is 14.1. The molecule has 0 saturated carbocycles. The third-order valence-corrected chi connectivity index (χ3v) is 3.70. The van der Waals surface area contributed by atoms with Gasteiger partial charge >= 0.3 is 0 Å². The van der Waals surface area contributed by atoms with Crippen LogP contribution in [0.15, 0.2) is 11.0 Å². The van der Waals surface area contributed by atoms with Crippen LogP contribution >= 0.6 is 34.8 Å². The molecule has 2 heterocycles. The minimum atomic E-state index is -0.725. The third kappa shape index (κ3) is 2.60. The lowest BCUT2D eigenvalue weighted by atomic mass is 10.2. The number of aromatic nitrogens is 2.